The highest BCUT2D eigenvalue weighted by Gasteiger charge is 2.25. The first-order chi connectivity index (χ1) is 15.1. The van der Waals surface area contributed by atoms with Crippen LogP contribution in [0.5, 0.6) is 0 Å². The van der Waals surface area contributed by atoms with Gasteiger partial charge in [-0.25, -0.2) is 4.39 Å². The molecule has 0 unspecified atom stereocenters. The molecule has 1 aliphatic rings. The number of benzene rings is 1. The summed E-state index contributed by atoms with van der Waals surface area (Å²) < 4.78 is 18.4. The van der Waals surface area contributed by atoms with Gasteiger partial charge in [0.2, 0.25) is 0 Å². The van der Waals surface area contributed by atoms with Crippen LogP contribution in [-0.2, 0) is 12.8 Å². The maximum absolute atomic E-state index is 16.2. The highest BCUT2D eigenvalue weighted by molar-refractivity contribution is 5.96. The predicted octanol–water partition coefficient (Wildman–Crippen LogP) is 5.11. The van der Waals surface area contributed by atoms with Crippen LogP contribution >= 0.6 is 0 Å². The number of rotatable bonds is 3. The summed E-state index contributed by atoms with van der Waals surface area (Å²) in [5, 5.41) is 1.22. The Morgan fingerprint density at radius 3 is 2.23 bits per heavy atom. The topological polar surface area (TPSA) is 34.0 Å². The second kappa shape index (κ2) is 8.08. The fourth-order valence-electron chi connectivity index (χ4n) is 4.53. The molecule has 0 atom stereocenters. The quantitative estimate of drug-likeness (QED) is 0.469. The molecule has 0 radical (unpaired) electrons. The van der Waals surface area contributed by atoms with Gasteiger partial charge in [0.1, 0.15) is 0 Å². The van der Waals surface area contributed by atoms with Crippen molar-refractivity contribution in [2.24, 2.45) is 0 Å². The summed E-state index contributed by atoms with van der Waals surface area (Å²) in [7, 11) is 2.15. The van der Waals surface area contributed by atoms with Crippen molar-refractivity contribution < 1.29 is 4.39 Å². The summed E-state index contributed by atoms with van der Waals surface area (Å²) >= 11 is 0. The zero-order chi connectivity index (χ0) is 21.4. The van der Waals surface area contributed by atoms with E-state index < -0.39 is 0 Å². The third kappa shape index (κ3) is 3.55. The molecular weight excluding hydrogens is 387 g/mol. The van der Waals surface area contributed by atoms with Crippen molar-refractivity contribution in [1.82, 2.24) is 19.4 Å². The van der Waals surface area contributed by atoms with Gasteiger partial charge < -0.3 is 9.47 Å². The van der Waals surface area contributed by atoms with Crippen LogP contribution in [0.4, 0.5) is 4.39 Å². The monoisotopic (exact) mass is 412 g/mol. The van der Waals surface area contributed by atoms with Crippen LogP contribution in [0.25, 0.3) is 22.4 Å². The van der Waals surface area contributed by atoms with Gasteiger partial charge in [-0.3, -0.25) is 9.97 Å². The summed E-state index contributed by atoms with van der Waals surface area (Å²) in [6.45, 7) is 4.06. The molecule has 3 aromatic heterocycles. The van der Waals surface area contributed by atoms with E-state index in [1.807, 2.05) is 12.1 Å². The molecular formula is C26H25FN4. The first-order valence-corrected chi connectivity index (χ1v) is 10.7. The Kier molecular flexibility index (Phi) is 5.12. The lowest BCUT2D eigenvalue weighted by Gasteiger charge is -2.18. The fourth-order valence-corrected chi connectivity index (χ4v) is 4.53. The second-order valence-electron chi connectivity index (χ2n) is 8.22. The Morgan fingerprint density at radius 2 is 1.52 bits per heavy atom. The van der Waals surface area contributed by atoms with Crippen molar-refractivity contribution in [3.63, 3.8) is 0 Å². The summed E-state index contributed by atoms with van der Waals surface area (Å²) in [5.74, 6) is -0.258. The Balaban J connectivity index is 1.87. The van der Waals surface area contributed by atoms with Gasteiger partial charge in [-0.15, -0.1) is 0 Å². The molecule has 1 aromatic carbocycles. The van der Waals surface area contributed by atoms with Crippen molar-refractivity contribution in [3.05, 3.63) is 95.2 Å². The van der Waals surface area contributed by atoms with Gasteiger partial charge in [0.25, 0.3) is 0 Å². The minimum Gasteiger partial charge on any atom is -0.310 e. The number of nitrogens with zero attached hydrogens (tertiary/aromatic N) is 4. The number of likely N-dealkylation sites (N-methyl/N-ethyl adjacent to an activating group) is 1. The number of hydrogen-bond donors (Lipinski definition) is 0. The molecule has 0 spiro atoms. The van der Waals surface area contributed by atoms with Gasteiger partial charge in [0.05, 0.1) is 11.2 Å². The van der Waals surface area contributed by atoms with Crippen molar-refractivity contribution in [1.29, 1.82) is 0 Å². The van der Waals surface area contributed by atoms with Gasteiger partial charge in [-0.05, 0) is 62.4 Å². The zero-order valence-corrected chi connectivity index (χ0v) is 17.8. The molecule has 0 N–H and O–H groups in total. The van der Waals surface area contributed by atoms with Gasteiger partial charge in [0.15, 0.2) is 5.83 Å². The Bertz CT molecular complexity index is 1260. The van der Waals surface area contributed by atoms with E-state index in [2.05, 4.69) is 51.6 Å². The third-order valence-corrected chi connectivity index (χ3v) is 6.13. The zero-order valence-electron chi connectivity index (χ0n) is 17.8. The normalized spacial score (nSPS) is 15.5. The van der Waals surface area contributed by atoms with E-state index in [1.165, 1.54) is 22.2 Å². The number of hydrogen-bond acceptors (Lipinski definition) is 3. The standard InChI is InChI=1S/C26H25FN4/c1-18-3-4-23-22(17-18)21-9-15-30(2)16-10-24(21)31(23)26(20-7-13-29-14-8-20)25(27)19-5-11-28-12-6-19/h3-8,11-14,17H,9-10,15-16H2,1-2H3/b26-25+. The first-order valence-electron chi connectivity index (χ1n) is 10.7. The molecule has 0 aliphatic carbocycles. The lowest BCUT2D eigenvalue weighted by atomic mass is 10.1. The van der Waals surface area contributed by atoms with Crippen LogP contribution in [0.3, 0.4) is 0 Å². The van der Waals surface area contributed by atoms with E-state index in [1.54, 1.807) is 36.9 Å². The molecule has 4 aromatic rings. The van der Waals surface area contributed by atoms with Crippen molar-refractivity contribution in [3.8, 4) is 0 Å². The van der Waals surface area contributed by atoms with E-state index in [9.17, 15) is 0 Å². The highest BCUT2D eigenvalue weighted by atomic mass is 19.1. The molecule has 4 heterocycles. The largest absolute Gasteiger partial charge is 0.310 e. The third-order valence-electron chi connectivity index (χ3n) is 6.13. The molecule has 4 nitrogen and oxygen atoms in total. The molecule has 0 fully saturated rings. The molecule has 0 saturated carbocycles. The molecule has 5 heteroatoms. The SMILES string of the molecule is Cc1ccc2c(c1)c1c(n2/C(=C(/F)c2ccncc2)c2ccncc2)CCN(C)CC1. The average Bonchev–Trinajstić information content (AvgIpc) is 2.95. The Morgan fingerprint density at radius 1 is 0.871 bits per heavy atom. The molecule has 0 saturated heterocycles. The van der Waals surface area contributed by atoms with E-state index in [4.69, 9.17) is 0 Å². The van der Waals surface area contributed by atoms with Crippen LogP contribution in [0, 0.1) is 6.92 Å². The van der Waals surface area contributed by atoms with Gasteiger partial charge in [0, 0.05) is 66.5 Å². The van der Waals surface area contributed by atoms with E-state index in [0.29, 0.717) is 11.3 Å². The van der Waals surface area contributed by atoms with Crippen LogP contribution in [0.2, 0.25) is 0 Å². The first kappa shape index (κ1) is 19.6. The molecule has 1 aliphatic heterocycles. The van der Waals surface area contributed by atoms with Crippen LogP contribution < -0.4 is 0 Å². The maximum Gasteiger partial charge on any atom is 0.155 e. The number of aromatic nitrogens is 3. The summed E-state index contributed by atoms with van der Waals surface area (Å²) in [4.78, 5) is 10.6. The fraction of sp³-hybridized carbons (Fsp3) is 0.231. The van der Waals surface area contributed by atoms with Crippen LogP contribution in [0.15, 0.2) is 67.3 Å². The van der Waals surface area contributed by atoms with Gasteiger partial charge in [-0.1, -0.05) is 11.6 Å². The summed E-state index contributed by atoms with van der Waals surface area (Å²) in [6, 6.07) is 13.7. The number of pyridine rings is 2. The van der Waals surface area contributed by atoms with E-state index >= 15 is 4.39 Å². The lowest BCUT2D eigenvalue weighted by molar-refractivity contribution is 0.351. The molecule has 5 rings (SSSR count). The minimum absolute atomic E-state index is 0.258. The van der Waals surface area contributed by atoms with Crippen molar-refractivity contribution in [2.75, 3.05) is 20.1 Å². The summed E-state index contributed by atoms with van der Waals surface area (Å²) in [5.41, 5.74) is 6.69. The highest BCUT2D eigenvalue weighted by Crippen LogP contribution is 2.38. The smallest absolute Gasteiger partial charge is 0.155 e. The number of halogens is 1. The van der Waals surface area contributed by atoms with Gasteiger partial charge >= 0.3 is 0 Å². The predicted molar refractivity (Wildman–Crippen MR) is 123 cm³/mol. The Hall–Kier alpha value is -3.31. The number of aryl methyl sites for hydroxylation is 1. The Labute approximate surface area is 181 Å². The molecule has 31 heavy (non-hydrogen) atoms. The van der Waals surface area contributed by atoms with Crippen LogP contribution in [-0.4, -0.2) is 39.6 Å². The second-order valence-corrected chi connectivity index (χ2v) is 8.22. The molecule has 156 valence electrons. The maximum atomic E-state index is 16.2. The average molecular weight is 413 g/mol. The number of fused-ring (bicyclic) bond motifs is 3. The molecule has 0 bridgehead atoms. The summed E-state index contributed by atoms with van der Waals surface area (Å²) in [6.07, 6.45) is 8.53. The van der Waals surface area contributed by atoms with E-state index in [0.717, 1.165) is 37.0 Å². The van der Waals surface area contributed by atoms with Gasteiger partial charge in [-0.2, -0.15) is 0 Å². The lowest BCUT2D eigenvalue weighted by Crippen LogP contribution is -2.21. The van der Waals surface area contributed by atoms with Crippen LogP contribution in [0.1, 0.15) is 27.9 Å². The van der Waals surface area contributed by atoms with Crippen molar-refractivity contribution in [2.45, 2.75) is 19.8 Å². The molecule has 0 amide bonds. The van der Waals surface area contributed by atoms with E-state index in [-0.39, 0.29) is 5.83 Å². The van der Waals surface area contributed by atoms with Crippen molar-refractivity contribution >= 4 is 22.4 Å². The minimum atomic E-state index is -0.258.